The van der Waals surface area contributed by atoms with Crippen molar-refractivity contribution < 1.29 is 38.3 Å². The second kappa shape index (κ2) is 15.0. The van der Waals surface area contributed by atoms with Crippen LogP contribution in [0.4, 0.5) is 8.78 Å². The molecule has 0 bridgehead atoms. The van der Waals surface area contributed by atoms with Gasteiger partial charge in [-0.1, -0.05) is 36.8 Å². The molecule has 0 saturated carbocycles. The molecule has 256 valence electrons. The van der Waals surface area contributed by atoms with Crippen molar-refractivity contribution in [3.05, 3.63) is 88.5 Å². The second-order valence-electron chi connectivity index (χ2n) is 13.2. The van der Waals surface area contributed by atoms with Gasteiger partial charge in [0.15, 0.2) is 0 Å². The minimum absolute atomic E-state index is 0.0232. The Morgan fingerprint density at radius 3 is 2.57 bits per heavy atom. The molecule has 5 N–H and O–H groups in total. The summed E-state index contributed by atoms with van der Waals surface area (Å²) in [4.78, 5) is 2.32. The molecule has 5 unspecified atom stereocenters. The standard InChI is InChI=1S/C36H46F2N2O6S/c1-3-21-6-7-22(34-32(42)31(41)33(43)36(46-34)47-2)15-23(21)14-20-4-9-26(10-5-20)45-27-12-13-40(18-27)25-17-30(39)35(44-19-25)28-16-24(37)8-11-29(28)38/h4-11,16,22,25,27,30-36,41-43H,3,12-15,17-19,39H2,1-2H3/t22?,25?,27?,30?,31-,32-,33+,34+,35?,36-/m1/s1. The Morgan fingerprint density at radius 1 is 1.06 bits per heavy atom. The van der Waals surface area contributed by atoms with Crippen LogP contribution in [-0.2, 0) is 15.9 Å². The van der Waals surface area contributed by atoms with E-state index in [1.165, 1.54) is 29.0 Å². The van der Waals surface area contributed by atoms with E-state index in [9.17, 15) is 24.1 Å². The van der Waals surface area contributed by atoms with Gasteiger partial charge in [-0.3, -0.25) is 4.90 Å². The average Bonchev–Trinajstić information content (AvgIpc) is 3.54. The summed E-state index contributed by atoms with van der Waals surface area (Å²) in [6.45, 7) is 4.11. The fraction of sp³-hybridized carbons (Fsp3) is 0.556. The second-order valence-corrected chi connectivity index (χ2v) is 14.1. The Bertz CT molecular complexity index is 1440. The van der Waals surface area contributed by atoms with Gasteiger partial charge in [0.05, 0.1) is 12.7 Å². The molecule has 2 aromatic carbocycles. The Labute approximate surface area is 279 Å². The maximum Gasteiger partial charge on any atom is 0.132 e. The molecule has 6 rings (SSSR count). The van der Waals surface area contributed by atoms with Crippen molar-refractivity contribution in [2.75, 3.05) is 26.0 Å². The van der Waals surface area contributed by atoms with Crippen molar-refractivity contribution in [1.29, 1.82) is 0 Å². The van der Waals surface area contributed by atoms with Gasteiger partial charge in [0.1, 0.15) is 53.3 Å². The first-order valence-corrected chi connectivity index (χ1v) is 17.9. The number of thioether (sulfide) groups is 1. The van der Waals surface area contributed by atoms with Crippen LogP contribution in [0.15, 0.2) is 65.8 Å². The minimum atomic E-state index is -1.25. The first-order chi connectivity index (χ1) is 22.6. The molecule has 8 nitrogen and oxygen atoms in total. The van der Waals surface area contributed by atoms with Gasteiger partial charge in [0, 0.05) is 36.7 Å². The van der Waals surface area contributed by atoms with Crippen LogP contribution in [-0.4, -0.2) is 94.2 Å². The molecule has 2 aromatic rings. The molecule has 0 amide bonds. The van der Waals surface area contributed by atoms with E-state index in [-0.39, 0.29) is 23.6 Å². The number of nitrogens with two attached hydrogens (primary N) is 1. The van der Waals surface area contributed by atoms with Gasteiger partial charge >= 0.3 is 0 Å². The summed E-state index contributed by atoms with van der Waals surface area (Å²) in [5.41, 5.74) is 9.67. The van der Waals surface area contributed by atoms with E-state index >= 15 is 0 Å². The number of nitrogens with zero attached hydrogens (tertiary/aromatic N) is 1. The van der Waals surface area contributed by atoms with Gasteiger partial charge in [0.25, 0.3) is 0 Å². The Kier molecular flexibility index (Phi) is 11.0. The molecule has 3 heterocycles. The van der Waals surface area contributed by atoms with Crippen molar-refractivity contribution in [2.24, 2.45) is 11.7 Å². The lowest BCUT2D eigenvalue weighted by molar-refractivity contribution is -0.206. The summed E-state index contributed by atoms with van der Waals surface area (Å²) in [5, 5.41) is 31.5. The number of likely N-dealkylation sites (tertiary alicyclic amines) is 1. The van der Waals surface area contributed by atoms with Crippen LogP contribution in [0, 0.1) is 17.6 Å². The lowest BCUT2D eigenvalue weighted by Crippen LogP contribution is -2.58. The van der Waals surface area contributed by atoms with E-state index in [2.05, 4.69) is 36.1 Å². The Balaban J connectivity index is 1.02. The molecule has 3 saturated heterocycles. The van der Waals surface area contributed by atoms with Gasteiger partial charge in [-0.25, -0.2) is 8.78 Å². The summed E-state index contributed by atoms with van der Waals surface area (Å²) in [7, 11) is 0. The van der Waals surface area contributed by atoms with Crippen LogP contribution in [0.1, 0.15) is 49.8 Å². The van der Waals surface area contributed by atoms with E-state index in [0.29, 0.717) is 19.4 Å². The maximum absolute atomic E-state index is 14.3. The summed E-state index contributed by atoms with van der Waals surface area (Å²) in [5.74, 6) is -0.321. The third-order valence-electron chi connectivity index (χ3n) is 10.1. The van der Waals surface area contributed by atoms with Crippen molar-refractivity contribution in [1.82, 2.24) is 4.90 Å². The summed E-state index contributed by atoms with van der Waals surface area (Å²) < 4.78 is 46.5. The number of ether oxygens (including phenoxy) is 3. The van der Waals surface area contributed by atoms with Crippen LogP contribution < -0.4 is 10.5 Å². The predicted molar refractivity (Wildman–Crippen MR) is 177 cm³/mol. The van der Waals surface area contributed by atoms with E-state index in [1.807, 2.05) is 18.4 Å². The summed E-state index contributed by atoms with van der Waals surface area (Å²) in [6.07, 6.45) is 5.03. The average molecular weight is 673 g/mol. The number of allylic oxidation sites excluding steroid dienone is 3. The summed E-state index contributed by atoms with van der Waals surface area (Å²) in [6, 6.07) is 11.2. The molecule has 11 heteroatoms. The number of hydrogen-bond acceptors (Lipinski definition) is 9. The van der Waals surface area contributed by atoms with Crippen LogP contribution in [0.2, 0.25) is 0 Å². The number of aliphatic hydroxyl groups excluding tert-OH is 3. The van der Waals surface area contributed by atoms with E-state index in [1.54, 1.807) is 0 Å². The van der Waals surface area contributed by atoms with E-state index in [0.717, 1.165) is 55.8 Å². The Hall–Kier alpha value is -2.35. The van der Waals surface area contributed by atoms with Gasteiger partial charge in [-0.15, -0.1) is 11.8 Å². The SMILES string of the molecule is CCC1=C(Cc2ccc(OC3CCN(C4COC(c5cc(F)ccc5F)C(N)C4)C3)cc2)CC([C@@H]2O[C@H](SC)[C@@H](O)[C@H](O)[C@H]2O)C=C1. The van der Waals surface area contributed by atoms with Crippen molar-refractivity contribution in [2.45, 2.75) is 93.2 Å². The topological polar surface area (TPSA) is 118 Å². The number of halogens is 2. The zero-order valence-electron chi connectivity index (χ0n) is 26.9. The minimum Gasteiger partial charge on any atom is -0.489 e. The molecule has 0 spiro atoms. The van der Waals surface area contributed by atoms with Crippen molar-refractivity contribution >= 4 is 11.8 Å². The zero-order chi connectivity index (χ0) is 33.2. The Morgan fingerprint density at radius 2 is 1.85 bits per heavy atom. The third kappa shape index (κ3) is 7.63. The lowest BCUT2D eigenvalue weighted by Gasteiger charge is -2.43. The molecule has 3 fully saturated rings. The molecular formula is C36H46F2N2O6S. The van der Waals surface area contributed by atoms with Crippen molar-refractivity contribution in [3.63, 3.8) is 0 Å². The van der Waals surface area contributed by atoms with Crippen molar-refractivity contribution in [3.8, 4) is 5.75 Å². The molecule has 0 radical (unpaired) electrons. The fourth-order valence-electron chi connectivity index (χ4n) is 7.50. The highest BCUT2D eigenvalue weighted by Gasteiger charge is 2.46. The highest BCUT2D eigenvalue weighted by molar-refractivity contribution is 7.99. The first-order valence-electron chi connectivity index (χ1n) is 16.6. The summed E-state index contributed by atoms with van der Waals surface area (Å²) >= 11 is 1.33. The predicted octanol–water partition coefficient (Wildman–Crippen LogP) is 4.27. The van der Waals surface area contributed by atoms with Crippen LogP contribution in [0.5, 0.6) is 5.75 Å². The molecule has 4 aliphatic rings. The van der Waals surface area contributed by atoms with Gasteiger partial charge in [-0.2, -0.15) is 0 Å². The zero-order valence-corrected chi connectivity index (χ0v) is 27.7. The van der Waals surface area contributed by atoms with E-state index in [4.69, 9.17) is 19.9 Å². The smallest absolute Gasteiger partial charge is 0.132 e. The number of hydrogen-bond donors (Lipinski definition) is 4. The van der Waals surface area contributed by atoms with Gasteiger partial charge < -0.3 is 35.3 Å². The number of benzene rings is 2. The highest BCUT2D eigenvalue weighted by atomic mass is 32.2. The molecule has 0 aromatic heterocycles. The van der Waals surface area contributed by atoms with Crippen LogP contribution >= 0.6 is 11.8 Å². The molecule has 47 heavy (non-hydrogen) atoms. The largest absolute Gasteiger partial charge is 0.489 e. The maximum atomic E-state index is 14.3. The highest BCUT2D eigenvalue weighted by Crippen LogP contribution is 2.38. The monoisotopic (exact) mass is 672 g/mol. The quantitative estimate of drug-likeness (QED) is 0.310. The normalized spacial score (nSPS) is 35.0. The van der Waals surface area contributed by atoms with Crippen LogP contribution in [0.25, 0.3) is 0 Å². The molecule has 10 atom stereocenters. The van der Waals surface area contributed by atoms with E-state index < -0.39 is 53.6 Å². The van der Waals surface area contributed by atoms with Gasteiger partial charge in [-0.05, 0) is 79.8 Å². The number of aliphatic hydroxyl groups is 3. The van der Waals surface area contributed by atoms with Gasteiger partial charge in [0.2, 0.25) is 0 Å². The van der Waals surface area contributed by atoms with Crippen LogP contribution in [0.3, 0.4) is 0 Å². The third-order valence-corrected chi connectivity index (χ3v) is 11.0. The number of rotatable bonds is 9. The fourth-order valence-corrected chi connectivity index (χ4v) is 8.18. The molecule has 1 aliphatic carbocycles. The first kappa shape index (κ1) is 34.5. The lowest BCUT2D eigenvalue weighted by atomic mass is 9.79. The molecule has 3 aliphatic heterocycles. The molecular weight excluding hydrogens is 626 g/mol.